The third kappa shape index (κ3) is 8.01. The van der Waals surface area contributed by atoms with Gasteiger partial charge in [-0.05, 0) is 67.4 Å². The van der Waals surface area contributed by atoms with Crippen LogP contribution < -0.4 is 9.73 Å². The number of rotatable bonds is 8. The van der Waals surface area contributed by atoms with Crippen LogP contribution in [0.2, 0.25) is 10.0 Å². The van der Waals surface area contributed by atoms with Gasteiger partial charge in [0.15, 0.2) is 5.69 Å². The predicted molar refractivity (Wildman–Crippen MR) is 181 cm³/mol. The normalized spacial score (nSPS) is 14.2. The van der Waals surface area contributed by atoms with Gasteiger partial charge in [0.1, 0.15) is 5.82 Å². The van der Waals surface area contributed by atoms with E-state index < -0.39 is 28.9 Å². The Morgan fingerprint density at radius 2 is 1.84 bits per heavy atom. The van der Waals surface area contributed by atoms with E-state index in [-0.39, 0.29) is 28.6 Å². The average molecular weight is 748 g/mol. The van der Waals surface area contributed by atoms with Gasteiger partial charge in [-0.15, -0.1) is 11.3 Å². The minimum atomic E-state index is -4.46. The number of imidazole rings is 1. The number of anilines is 1. The predicted octanol–water partition coefficient (Wildman–Crippen LogP) is 6.98. The van der Waals surface area contributed by atoms with Crippen LogP contribution in [0.1, 0.15) is 51.3 Å². The van der Waals surface area contributed by atoms with Gasteiger partial charge in [0.25, 0.3) is 5.91 Å². The number of alkyl halides is 3. The molecule has 0 aliphatic carbocycles. The van der Waals surface area contributed by atoms with Crippen LogP contribution in [0.3, 0.4) is 0 Å². The smallest absolute Gasteiger partial charge is 0.416 e. The molecule has 1 aliphatic heterocycles. The summed E-state index contributed by atoms with van der Waals surface area (Å²) in [7, 11) is 0. The molecule has 2 aromatic carbocycles. The third-order valence-electron chi connectivity index (χ3n) is 7.57. The summed E-state index contributed by atoms with van der Waals surface area (Å²) in [6, 6.07) is 12.7. The van der Waals surface area contributed by atoms with Crippen molar-refractivity contribution in [3.05, 3.63) is 104 Å². The molecule has 1 atom stereocenters. The number of thiophene rings is 1. The number of carbonyl (C=O) groups is 1. The Morgan fingerprint density at radius 1 is 1.08 bits per heavy atom. The molecule has 10 nitrogen and oxygen atoms in total. The minimum absolute atomic E-state index is 0.0349. The number of nitrogens with one attached hydrogen (secondary N) is 2. The number of hydrazine groups is 1. The van der Waals surface area contributed by atoms with Crippen molar-refractivity contribution < 1.29 is 26.7 Å². The Bertz CT molecular complexity index is 2050. The number of H-pyrrole nitrogens is 1. The van der Waals surface area contributed by atoms with E-state index in [0.717, 1.165) is 35.7 Å². The molecule has 0 spiro atoms. The van der Waals surface area contributed by atoms with E-state index in [2.05, 4.69) is 27.2 Å². The first-order chi connectivity index (χ1) is 23.5. The summed E-state index contributed by atoms with van der Waals surface area (Å²) >= 11 is 11.3. The number of hydrogen-bond acceptors (Lipinski definition) is 7. The summed E-state index contributed by atoms with van der Waals surface area (Å²) in [5.74, 6) is 5.48. The highest BCUT2D eigenvalue weighted by Gasteiger charge is 2.31. The number of aromatic nitrogens is 4. The zero-order chi connectivity index (χ0) is 34.7. The largest absolute Gasteiger partial charge is 0.755 e. The highest BCUT2D eigenvalue weighted by atomic mass is 35.5. The van der Waals surface area contributed by atoms with E-state index in [9.17, 15) is 26.7 Å². The standard InChI is InChI=1S/C32H26Cl2F3N7O3S2/c33-22-9-12-26(25(34)16-22)44-30(27-13-11-23(48-27)10-6-20-4-7-21(8-5-20)32(35,36)37)24(18-43(49(46)47)28-17-38-19-39-28)29(40-44)31(45)41-42-14-2-1-3-15-42/h4-5,7-9,11-13,16-17,19H,1-3,14-15,18H2,(H,38,39)(H,41,45)(H,46,47)/p-1. The third-order valence-corrected chi connectivity index (χ3v) is 9.80. The Kier molecular flexibility index (Phi) is 10.4. The van der Waals surface area contributed by atoms with E-state index in [0.29, 0.717) is 44.8 Å². The molecule has 4 heterocycles. The lowest BCUT2D eigenvalue weighted by atomic mass is 10.1. The van der Waals surface area contributed by atoms with Crippen molar-refractivity contribution in [3.8, 4) is 28.1 Å². The zero-order valence-electron chi connectivity index (χ0n) is 25.3. The van der Waals surface area contributed by atoms with Crippen LogP contribution in [-0.2, 0) is 24.0 Å². The quantitative estimate of drug-likeness (QED) is 0.131. The van der Waals surface area contributed by atoms with Gasteiger partial charge in [0, 0.05) is 40.5 Å². The molecule has 49 heavy (non-hydrogen) atoms. The van der Waals surface area contributed by atoms with Gasteiger partial charge in [-0.3, -0.25) is 18.7 Å². The molecule has 1 unspecified atom stereocenters. The highest BCUT2D eigenvalue weighted by Crippen LogP contribution is 2.38. The topological polar surface area (TPSA) is 122 Å². The molecular formula is C32H25Cl2F3N7O3S2-. The Labute approximate surface area is 295 Å². The first-order valence-electron chi connectivity index (χ1n) is 14.8. The van der Waals surface area contributed by atoms with E-state index in [4.69, 9.17) is 28.3 Å². The van der Waals surface area contributed by atoms with Gasteiger partial charge in [0.2, 0.25) is 0 Å². The summed E-state index contributed by atoms with van der Waals surface area (Å²) in [5.41, 5.74) is 3.50. The van der Waals surface area contributed by atoms with Crippen LogP contribution in [0.5, 0.6) is 0 Å². The van der Waals surface area contributed by atoms with Crippen molar-refractivity contribution in [2.24, 2.45) is 0 Å². The lowest BCUT2D eigenvalue weighted by molar-refractivity contribution is -0.137. The molecular weight excluding hydrogens is 722 g/mol. The highest BCUT2D eigenvalue weighted by molar-refractivity contribution is 7.80. The van der Waals surface area contributed by atoms with E-state index in [1.165, 1.54) is 46.7 Å². The molecule has 5 aromatic rings. The average Bonchev–Trinajstić information content (AvgIpc) is 3.83. The fourth-order valence-corrected chi connectivity index (χ4v) is 7.12. The van der Waals surface area contributed by atoms with Crippen LogP contribution in [-0.4, -0.2) is 52.5 Å². The number of benzene rings is 2. The second-order valence-corrected chi connectivity index (χ2v) is 13.7. The van der Waals surface area contributed by atoms with Crippen LogP contribution in [0.4, 0.5) is 19.0 Å². The number of nitrogens with zero attached hydrogens (tertiary/aromatic N) is 5. The number of amides is 1. The van der Waals surface area contributed by atoms with Crippen LogP contribution in [0.25, 0.3) is 16.3 Å². The number of hydrogen-bond donors (Lipinski definition) is 2. The maximum atomic E-state index is 13.9. The maximum absolute atomic E-state index is 13.9. The van der Waals surface area contributed by atoms with Gasteiger partial charge < -0.3 is 9.54 Å². The van der Waals surface area contributed by atoms with Crippen LogP contribution in [0.15, 0.2) is 67.1 Å². The van der Waals surface area contributed by atoms with Crippen molar-refractivity contribution in [2.75, 3.05) is 17.4 Å². The lowest BCUT2D eigenvalue weighted by Crippen LogP contribution is -2.45. The molecule has 3 aromatic heterocycles. The van der Waals surface area contributed by atoms with E-state index in [1.54, 1.807) is 24.3 Å². The van der Waals surface area contributed by atoms with E-state index >= 15 is 0 Å². The summed E-state index contributed by atoms with van der Waals surface area (Å²) < 4.78 is 66.6. The number of piperidine rings is 1. The molecule has 0 bridgehead atoms. The molecule has 1 fully saturated rings. The lowest BCUT2D eigenvalue weighted by Gasteiger charge is -2.27. The Morgan fingerprint density at radius 3 is 2.49 bits per heavy atom. The number of carbonyl (C=O) groups excluding carboxylic acids is 1. The molecule has 1 amide bonds. The van der Waals surface area contributed by atoms with Crippen molar-refractivity contribution in [1.29, 1.82) is 0 Å². The fraction of sp³-hybridized carbons (Fsp3) is 0.219. The first-order valence-corrected chi connectivity index (χ1v) is 17.4. The summed E-state index contributed by atoms with van der Waals surface area (Å²) in [6.45, 7) is 0.981. The Hall–Kier alpha value is -4.17. The second kappa shape index (κ2) is 14.8. The fourth-order valence-electron chi connectivity index (χ4n) is 5.22. The monoisotopic (exact) mass is 746 g/mol. The van der Waals surface area contributed by atoms with Crippen LogP contribution >= 0.6 is 34.5 Å². The second-order valence-electron chi connectivity index (χ2n) is 10.9. The SMILES string of the molecule is O=C(NN1CCCCC1)c1nn(-c2ccc(Cl)cc2Cl)c(-c2ccc(C#Cc3ccc(C(F)(F)F)cc3)s2)c1CN(c1cnc[nH]1)S(=O)[O-]. The molecule has 1 saturated heterocycles. The molecule has 0 saturated carbocycles. The Balaban J connectivity index is 1.48. The van der Waals surface area contributed by atoms with E-state index in [1.807, 2.05) is 5.01 Å². The van der Waals surface area contributed by atoms with Gasteiger partial charge >= 0.3 is 6.18 Å². The van der Waals surface area contributed by atoms with Crippen molar-refractivity contribution in [1.82, 2.24) is 30.2 Å². The van der Waals surface area contributed by atoms with Crippen LogP contribution in [0, 0.1) is 11.8 Å². The zero-order valence-corrected chi connectivity index (χ0v) is 28.4. The summed E-state index contributed by atoms with van der Waals surface area (Å²) in [6.07, 6.45) is 1.06. The maximum Gasteiger partial charge on any atom is 0.416 e. The molecule has 1 aliphatic rings. The number of aromatic amines is 1. The van der Waals surface area contributed by atoms with Crippen molar-refractivity contribution in [2.45, 2.75) is 32.0 Å². The van der Waals surface area contributed by atoms with Gasteiger partial charge in [-0.1, -0.05) is 41.5 Å². The molecule has 254 valence electrons. The van der Waals surface area contributed by atoms with Gasteiger partial charge in [-0.25, -0.2) is 14.7 Å². The summed E-state index contributed by atoms with van der Waals surface area (Å²) in [5, 5.41) is 7.12. The molecule has 6 rings (SSSR count). The van der Waals surface area contributed by atoms with Gasteiger partial charge in [-0.2, -0.15) is 18.3 Å². The molecule has 2 N–H and O–H groups in total. The van der Waals surface area contributed by atoms with Gasteiger partial charge in [0.05, 0.1) is 50.8 Å². The number of halogens is 5. The molecule has 17 heteroatoms. The van der Waals surface area contributed by atoms with Crippen molar-refractivity contribution in [3.63, 3.8) is 0 Å². The minimum Gasteiger partial charge on any atom is -0.755 e. The van der Waals surface area contributed by atoms with Crippen molar-refractivity contribution >= 4 is 57.5 Å². The first kappa shape index (κ1) is 34.7. The molecule has 0 radical (unpaired) electrons. The summed E-state index contributed by atoms with van der Waals surface area (Å²) in [4.78, 5) is 21.8.